The first-order valence-electron chi connectivity index (χ1n) is 9.21. The van der Waals surface area contributed by atoms with Crippen molar-refractivity contribution in [3.8, 4) is 0 Å². The van der Waals surface area contributed by atoms with Crippen LogP contribution in [-0.4, -0.2) is 42.2 Å². The number of hydrogen-bond acceptors (Lipinski definition) is 4. The highest BCUT2D eigenvalue weighted by Crippen LogP contribution is 2.21. The molecule has 0 bridgehead atoms. The van der Waals surface area contributed by atoms with Gasteiger partial charge < -0.3 is 21.4 Å². The summed E-state index contributed by atoms with van der Waals surface area (Å²) in [5.74, 6) is -0.332. The number of carbonyl (C=O) groups is 3. The highest BCUT2D eigenvalue weighted by molar-refractivity contribution is 5.91. The molecule has 0 unspecified atom stereocenters. The van der Waals surface area contributed by atoms with Crippen LogP contribution in [0.3, 0.4) is 0 Å². The van der Waals surface area contributed by atoms with Crippen LogP contribution in [0.2, 0.25) is 0 Å². The van der Waals surface area contributed by atoms with E-state index in [9.17, 15) is 14.4 Å². The summed E-state index contributed by atoms with van der Waals surface area (Å²) in [6, 6.07) is 7.04. The first-order valence-corrected chi connectivity index (χ1v) is 9.21. The Hall–Kier alpha value is -2.67. The van der Waals surface area contributed by atoms with Gasteiger partial charge in [0, 0.05) is 36.0 Å². The number of primary amides is 1. The van der Waals surface area contributed by atoms with E-state index in [1.165, 1.54) is 6.92 Å². The minimum absolute atomic E-state index is 0.00984. The molecule has 1 heterocycles. The Balaban J connectivity index is 1.97. The standard InChI is InChI=1S/C20H28N4O3/c1-13(25)14(6-5-9-23-20(21)27)11-19(26)18(22-2)10-15-12-24-17-8-4-3-7-16(15)17/h3-4,7-8,12,14,18,22,24H,5-6,9-11H2,1-2H3,(H3,21,23,27)/t14-,18+/m1/s1. The first-order chi connectivity index (χ1) is 12.9. The molecule has 2 aromatic rings. The molecule has 2 amide bonds. The number of H-pyrrole nitrogens is 1. The average molecular weight is 372 g/mol. The van der Waals surface area contributed by atoms with Crippen molar-refractivity contribution in [3.05, 3.63) is 36.0 Å². The highest BCUT2D eigenvalue weighted by Gasteiger charge is 2.24. The second-order valence-corrected chi connectivity index (χ2v) is 6.82. The SMILES string of the molecule is CN[C@@H](Cc1c[nH]c2ccccc12)C(=O)C[C@@H](CCCNC(N)=O)C(C)=O. The van der Waals surface area contributed by atoms with Gasteiger partial charge in [-0.1, -0.05) is 18.2 Å². The van der Waals surface area contributed by atoms with E-state index in [4.69, 9.17) is 5.73 Å². The Kier molecular flexibility index (Phi) is 7.55. The molecule has 0 saturated carbocycles. The second-order valence-electron chi connectivity index (χ2n) is 6.82. The van der Waals surface area contributed by atoms with E-state index < -0.39 is 6.03 Å². The molecule has 0 fully saturated rings. The summed E-state index contributed by atoms with van der Waals surface area (Å²) in [5, 5.41) is 6.69. The Morgan fingerprint density at radius 2 is 1.96 bits per heavy atom. The minimum Gasteiger partial charge on any atom is -0.361 e. The third kappa shape index (κ3) is 5.92. The van der Waals surface area contributed by atoms with Crippen molar-refractivity contribution < 1.29 is 14.4 Å². The van der Waals surface area contributed by atoms with E-state index in [0.717, 1.165) is 16.5 Å². The second kappa shape index (κ2) is 9.87. The number of urea groups is 1. The number of nitrogens with one attached hydrogen (secondary N) is 3. The van der Waals surface area contributed by atoms with E-state index in [1.807, 2.05) is 30.5 Å². The summed E-state index contributed by atoms with van der Waals surface area (Å²) in [6.45, 7) is 1.91. The number of amides is 2. The number of rotatable bonds is 11. The predicted octanol–water partition coefficient (Wildman–Crippen LogP) is 1.91. The maximum atomic E-state index is 12.8. The molecule has 1 aromatic carbocycles. The van der Waals surface area contributed by atoms with Gasteiger partial charge in [-0.15, -0.1) is 0 Å². The van der Waals surface area contributed by atoms with E-state index in [-0.39, 0.29) is 29.9 Å². The minimum atomic E-state index is -0.584. The molecule has 0 saturated heterocycles. The van der Waals surface area contributed by atoms with Crippen LogP contribution in [0.1, 0.15) is 31.7 Å². The summed E-state index contributed by atoms with van der Waals surface area (Å²) in [4.78, 5) is 38.6. The van der Waals surface area contributed by atoms with Gasteiger partial charge in [-0.2, -0.15) is 0 Å². The number of hydrogen-bond donors (Lipinski definition) is 4. The number of aromatic nitrogens is 1. The first kappa shape index (κ1) is 20.6. The summed E-state index contributed by atoms with van der Waals surface area (Å²) in [5.41, 5.74) is 7.14. The van der Waals surface area contributed by atoms with E-state index in [2.05, 4.69) is 15.6 Å². The van der Waals surface area contributed by atoms with Gasteiger partial charge in [0.25, 0.3) is 0 Å². The number of para-hydroxylation sites is 1. The Bertz CT molecular complexity index is 799. The highest BCUT2D eigenvalue weighted by atomic mass is 16.2. The quantitative estimate of drug-likeness (QED) is 0.451. The molecule has 27 heavy (non-hydrogen) atoms. The number of benzene rings is 1. The van der Waals surface area contributed by atoms with Crippen LogP contribution in [-0.2, 0) is 16.0 Å². The van der Waals surface area contributed by atoms with Crippen molar-refractivity contribution in [2.75, 3.05) is 13.6 Å². The molecule has 0 aliphatic heterocycles. The maximum absolute atomic E-state index is 12.8. The van der Waals surface area contributed by atoms with Crippen LogP contribution in [0.4, 0.5) is 4.79 Å². The van der Waals surface area contributed by atoms with E-state index >= 15 is 0 Å². The summed E-state index contributed by atoms with van der Waals surface area (Å²) in [6.07, 6.45) is 3.84. The van der Waals surface area contributed by atoms with Gasteiger partial charge in [-0.05, 0) is 44.9 Å². The van der Waals surface area contributed by atoms with Crippen molar-refractivity contribution >= 4 is 28.5 Å². The zero-order chi connectivity index (χ0) is 19.8. The van der Waals surface area contributed by atoms with Gasteiger partial charge in [-0.25, -0.2) is 4.79 Å². The lowest BCUT2D eigenvalue weighted by molar-refractivity contribution is -0.128. The van der Waals surface area contributed by atoms with Gasteiger partial charge in [0.15, 0.2) is 5.78 Å². The fourth-order valence-electron chi connectivity index (χ4n) is 3.29. The molecule has 5 N–H and O–H groups in total. The van der Waals surface area contributed by atoms with E-state index in [1.54, 1.807) is 7.05 Å². The monoisotopic (exact) mass is 372 g/mol. The molecule has 0 aliphatic rings. The van der Waals surface area contributed by atoms with Gasteiger partial charge >= 0.3 is 6.03 Å². The van der Waals surface area contributed by atoms with E-state index in [0.29, 0.717) is 25.8 Å². The Labute approximate surface area is 159 Å². The molecule has 2 atom stereocenters. The molecule has 2 rings (SSSR count). The van der Waals surface area contributed by atoms with Gasteiger partial charge in [-0.3, -0.25) is 9.59 Å². The molecule has 0 aliphatic carbocycles. The lowest BCUT2D eigenvalue weighted by Gasteiger charge is -2.19. The topological polar surface area (TPSA) is 117 Å². The molecule has 1 aromatic heterocycles. The third-order valence-corrected chi connectivity index (χ3v) is 4.89. The molecule has 0 radical (unpaired) electrons. The number of nitrogens with two attached hydrogens (primary N) is 1. The fraction of sp³-hybridized carbons (Fsp3) is 0.450. The zero-order valence-electron chi connectivity index (χ0n) is 15.9. The van der Waals surface area contributed by atoms with Gasteiger partial charge in [0.1, 0.15) is 5.78 Å². The Morgan fingerprint density at radius 3 is 2.63 bits per heavy atom. The summed E-state index contributed by atoms with van der Waals surface area (Å²) >= 11 is 0. The third-order valence-electron chi connectivity index (χ3n) is 4.89. The Morgan fingerprint density at radius 1 is 1.22 bits per heavy atom. The number of Topliss-reactive ketones (excluding diaryl/α,β-unsaturated/α-hetero) is 2. The van der Waals surface area contributed by atoms with Crippen molar-refractivity contribution in [3.63, 3.8) is 0 Å². The van der Waals surface area contributed by atoms with Crippen molar-refractivity contribution in [2.45, 2.75) is 38.6 Å². The van der Waals surface area contributed by atoms with Gasteiger partial charge in [0.2, 0.25) is 0 Å². The normalized spacial score (nSPS) is 13.3. The van der Waals surface area contributed by atoms with Crippen molar-refractivity contribution in [2.24, 2.45) is 11.7 Å². The van der Waals surface area contributed by atoms with Crippen LogP contribution in [0, 0.1) is 5.92 Å². The van der Waals surface area contributed by atoms with Crippen molar-refractivity contribution in [1.29, 1.82) is 0 Å². The van der Waals surface area contributed by atoms with Crippen LogP contribution in [0.25, 0.3) is 10.9 Å². The molecule has 146 valence electrons. The smallest absolute Gasteiger partial charge is 0.312 e. The number of aromatic amines is 1. The molecular weight excluding hydrogens is 344 g/mol. The molecule has 7 nitrogen and oxygen atoms in total. The fourth-order valence-corrected chi connectivity index (χ4v) is 3.29. The summed E-state index contributed by atoms with van der Waals surface area (Å²) < 4.78 is 0. The van der Waals surface area contributed by atoms with Crippen molar-refractivity contribution in [1.82, 2.24) is 15.6 Å². The van der Waals surface area contributed by atoms with Crippen LogP contribution in [0.5, 0.6) is 0 Å². The van der Waals surface area contributed by atoms with Gasteiger partial charge in [0.05, 0.1) is 6.04 Å². The lowest BCUT2D eigenvalue weighted by atomic mass is 9.89. The summed E-state index contributed by atoms with van der Waals surface area (Å²) in [7, 11) is 1.76. The average Bonchev–Trinajstić information content (AvgIpc) is 3.04. The number of ketones is 2. The van der Waals surface area contributed by atoms with Crippen LogP contribution >= 0.6 is 0 Å². The maximum Gasteiger partial charge on any atom is 0.312 e. The lowest BCUT2D eigenvalue weighted by Crippen LogP contribution is -2.38. The molecule has 0 spiro atoms. The zero-order valence-corrected chi connectivity index (χ0v) is 15.9. The largest absolute Gasteiger partial charge is 0.361 e. The number of fused-ring (bicyclic) bond motifs is 1. The predicted molar refractivity (Wildman–Crippen MR) is 105 cm³/mol. The number of carbonyl (C=O) groups excluding carboxylic acids is 3. The van der Waals surface area contributed by atoms with Crippen LogP contribution < -0.4 is 16.4 Å². The number of likely N-dealkylation sites (N-methyl/N-ethyl adjacent to an activating group) is 1. The van der Waals surface area contributed by atoms with Crippen LogP contribution in [0.15, 0.2) is 30.5 Å². The molecular formula is C20H28N4O3. The molecule has 7 heteroatoms.